The van der Waals surface area contributed by atoms with E-state index in [9.17, 15) is 0 Å². The van der Waals surface area contributed by atoms with Gasteiger partial charge in [-0.15, -0.1) is 0 Å². The van der Waals surface area contributed by atoms with Gasteiger partial charge >= 0.3 is 0 Å². The second-order valence-electron chi connectivity index (χ2n) is 13.7. The molecule has 0 bridgehead atoms. The smallest absolute Gasteiger partial charge is 0.0974 e. The zero-order valence-electron chi connectivity index (χ0n) is 29.9. The summed E-state index contributed by atoms with van der Waals surface area (Å²) in [6.45, 7) is 6.44. The molecule has 0 spiro atoms. The Morgan fingerprint density at radius 3 is 1.40 bits per heavy atom. The van der Waals surface area contributed by atoms with Crippen molar-refractivity contribution in [1.82, 2.24) is 19.9 Å². The minimum Gasteiger partial charge on any atom is -0.246 e. The molecular formula is C49H36N4. The van der Waals surface area contributed by atoms with Crippen LogP contribution in [0.3, 0.4) is 0 Å². The van der Waals surface area contributed by atoms with Crippen molar-refractivity contribution >= 4 is 67.9 Å². The Morgan fingerprint density at radius 2 is 0.868 bits per heavy atom. The lowest BCUT2D eigenvalue weighted by atomic mass is 9.98. The molecule has 9 aromatic rings. The van der Waals surface area contributed by atoms with E-state index in [-0.39, 0.29) is 0 Å². The summed E-state index contributed by atoms with van der Waals surface area (Å²) in [5.74, 6) is 0. The summed E-state index contributed by atoms with van der Waals surface area (Å²) in [7, 11) is 0. The lowest BCUT2D eigenvalue weighted by Crippen LogP contribution is -1.95. The van der Waals surface area contributed by atoms with E-state index in [1.54, 1.807) is 0 Å². The van der Waals surface area contributed by atoms with Gasteiger partial charge in [0.1, 0.15) is 0 Å². The Bertz CT molecular complexity index is 2910. The van der Waals surface area contributed by atoms with Crippen molar-refractivity contribution in [2.24, 2.45) is 0 Å². The Balaban J connectivity index is 1.08. The third-order valence-corrected chi connectivity index (χ3v) is 10.0. The van der Waals surface area contributed by atoms with Crippen molar-refractivity contribution in [3.8, 4) is 22.5 Å². The lowest BCUT2D eigenvalue weighted by Gasteiger charge is -2.12. The van der Waals surface area contributed by atoms with Gasteiger partial charge in [-0.2, -0.15) is 0 Å². The molecule has 0 aliphatic rings. The Labute approximate surface area is 308 Å². The molecule has 4 heterocycles. The average molecular weight is 681 g/mol. The summed E-state index contributed by atoms with van der Waals surface area (Å²) in [6, 6.07) is 48.6. The van der Waals surface area contributed by atoms with Crippen molar-refractivity contribution in [2.75, 3.05) is 0 Å². The van der Waals surface area contributed by atoms with Gasteiger partial charge < -0.3 is 0 Å². The Hall–Kier alpha value is -6.78. The fourth-order valence-corrected chi connectivity index (χ4v) is 7.22. The van der Waals surface area contributed by atoms with E-state index >= 15 is 0 Å². The van der Waals surface area contributed by atoms with E-state index in [0.29, 0.717) is 0 Å². The molecule has 0 aliphatic heterocycles. The number of rotatable bonds is 6. The molecule has 5 aromatic carbocycles. The highest BCUT2D eigenvalue weighted by molar-refractivity contribution is 6.06. The van der Waals surface area contributed by atoms with Gasteiger partial charge in [-0.1, -0.05) is 121 Å². The van der Waals surface area contributed by atoms with Gasteiger partial charge in [-0.3, -0.25) is 0 Å². The number of aryl methyl sites for hydroxylation is 3. The molecule has 4 heteroatoms. The maximum Gasteiger partial charge on any atom is 0.0974 e. The molecule has 0 unspecified atom stereocenters. The Kier molecular flexibility index (Phi) is 8.13. The van der Waals surface area contributed by atoms with Crippen LogP contribution < -0.4 is 0 Å². The number of hydrogen-bond donors (Lipinski definition) is 0. The minimum absolute atomic E-state index is 0.906. The van der Waals surface area contributed by atoms with Gasteiger partial charge in [-0.25, -0.2) is 19.9 Å². The van der Waals surface area contributed by atoms with Crippen LogP contribution >= 0.6 is 0 Å². The standard InChI is InChI=1S/C49H36N4/c1-31-28-38(44-26-19-36-16-24-42-32(2)29-39(50-48(42)46(36)52-44)21-14-34-10-6-4-7-11-34)18-23-41(31)45-27-20-37-17-25-43-33(3)30-40(51-49(43)47(37)53-45)22-15-35-12-8-5-9-13-35/h4-30H,1-3H3/b21-14+,22-15+. The molecule has 0 N–H and O–H groups in total. The number of pyridine rings is 4. The molecular weight excluding hydrogens is 645 g/mol. The van der Waals surface area contributed by atoms with Crippen LogP contribution in [0.5, 0.6) is 0 Å². The normalized spacial score (nSPS) is 11.9. The zero-order valence-corrected chi connectivity index (χ0v) is 29.9. The van der Waals surface area contributed by atoms with E-state index in [1.165, 1.54) is 11.1 Å². The van der Waals surface area contributed by atoms with Crippen LogP contribution in [0.25, 0.3) is 90.4 Å². The molecule has 53 heavy (non-hydrogen) atoms. The third kappa shape index (κ3) is 6.25. The predicted molar refractivity (Wildman–Crippen MR) is 223 cm³/mol. The van der Waals surface area contributed by atoms with Crippen molar-refractivity contribution < 1.29 is 0 Å². The van der Waals surface area contributed by atoms with Crippen molar-refractivity contribution in [2.45, 2.75) is 20.8 Å². The van der Waals surface area contributed by atoms with Crippen molar-refractivity contribution in [3.63, 3.8) is 0 Å². The van der Waals surface area contributed by atoms with Crippen LogP contribution in [0.1, 0.15) is 39.2 Å². The predicted octanol–water partition coefficient (Wildman–Crippen LogP) is 12.5. The molecule has 0 saturated heterocycles. The first-order chi connectivity index (χ1) is 26.0. The van der Waals surface area contributed by atoms with E-state index in [1.807, 2.05) is 36.4 Å². The maximum atomic E-state index is 5.25. The van der Waals surface area contributed by atoms with E-state index in [2.05, 4.69) is 148 Å². The monoisotopic (exact) mass is 680 g/mol. The number of hydrogen-bond acceptors (Lipinski definition) is 4. The number of aromatic nitrogens is 4. The average Bonchev–Trinajstić information content (AvgIpc) is 3.19. The molecule has 0 aliphatic carbocycles. The molecule has 4 nitrogen and oxygen atoms in total. The number of fused-ring (bicyclic) bond motifs is 6. The van der Waals surface area contributed by atoms with Gasteiger partial charge in [0.25, 0.3) is 0 Å². The zero-order chi connectivity index (χ0) is 35.9. The van der Waals surface area contributed by atoms with Crippen molar-refractivity contribution in [3.05, 3.63) is 179 Å². The molecule has 0 amide bonds. The Morgan fingerprint density at radius 1 is 0.377 bits per heavy atom. The van der Waals surface area contributed by atoms with E-state index < -0.39 is 0 Å². The lowest BCUT2D eigenvalue weighted by molar-refractivity contribution is 1.31. The highest BCUT2D eigenvalue weighted by atomic mass is 14.8. The fourth-order valence-electron chi connectivity index (χ4n) is 7.22. The largest absolute Gasteiger partial charge is 0.246 e. The van der Waals surface area contributed by atoms with Gasteiger partial charge in [0.2, 0.25) is 0 Å². The van der Waals surface area contributed by atoms with Gasteiger partial charge in [0, 0.05) is 32.7 Å². The summed E-state index contributed by atoms with van der Waals surface area (Å²) in [6.07, 6.45) is 8.37. The summed E-state index contributed by atoms with van der Waals surface area (Å²) in [5, 5.41) is 4.37. The number of nitrogens with zero attached hydrogens (tertiary/aromatic N) is 4. The highest BCUT2D eigenvalue weighted by Gasteiger charge is 2.13. The molecule has 252 valence electrons. The molecule has 4 aromatic heterocycles. The van der Waals surface area contributed by atoms with E-state index in [4.69, 9.17) is 19.9 Å². The van der Waals surface area contributed by atoms with Crippen LogP contribution in [0.4, 0.5) is 0 Å². The van der Waals surface area contributed by atoms with Crippen molar-refractivity contribution in [1.29, 1.82) is 0 Å². The summed E-state index contributed by atoms with van der Waals surface area (Å²) in [4.78, 5) is 20.7. The van der Waals surface area contributed by atoms with Gasteiger partial charge in [0.05, 0.1) is 44.8 Å². The van der Waals surface area contributed by atoms with Crippen LogP contribution in [-0.4, -0.2) is 19.9 Å². The molecule has 0 saturated carbocycles. The second kappa shape index (κ2) is 13.4. The highest BCUT2D eigenvalue weighted by Crippen LogP contribution is 2.33. The quantitative estimate of drug-likeness (QED) is 0.164. The fraction of sp³-hybridized carbons (Fsp3) is 0.0612. The van der Waals surface area contributed by atoms with E-state index in [0.717, 1.165) is 94.2 Å². The maximum absolute atomic E-state index is 5.25. The first kappa shape index (κ1) is 32.1. The minimum atomic E-state index is 0.906. The summed E-state index contributed by atoms with van der Waals surface area (Å²) in [5.41, 5.74) is 15.2. The van der Waals surface area contributed by atoms with Crippen LogP contribution in [0, 0.1) is 20.8 Å². The van der Waals surface area contributed by atoms with Gasteiger partial charge in [-0.05, 0) is 91.1 Å². The van der Waals surface area contributed by atoms with Gasteiger partial charge in [0.15, 0.2) is 0 Å². The van der Waals surface area contributed by atoms with Crippen LogP contribution in [0.15, 0.2) is 140 Å². The third-order valence-electron chi connectivity index (χ3n) is 10.0. The topological polar surface area (TPSA) is 51.6 Å². The SMILES string of the molecule is Cc1cc(-c2ccc3ccc4c(C)cc(/C=C/c5ccccc5)nc4c3n2)ccc1-c1ccc2ccc3c(C)cc(/C=C/c4ccccc4)nc3c2n1. The molecule has 0 atom stereocenters. The van der Waals surface area contributed by atoms with Crippen LogP contribution in [0.2, 0.25) is 0 Å². The van der Waals surface area contributed by atoms with Crippen LogP contribution in [-0.2, 0) is 0 Å². The molecule has 0 radical (unpaired) electrons. The second-order valence-corrected chi connectivity index (χ2v) is 13.7. The summed E-state index contributed by atoms with van der Waals surface area (Å²) >= 11 is 0. The molecule has 0 fully saturated rings. The first-order valence-corrected chi connectivity index (χ1v) is 18.0. The number of benzene rings is 5. The molecule has 9 rings (SSSR count). The summed E-state index contributed by atoms with van der Waals surface area (Å²) < 4.78 is 0. The first-order valence-electron chi connectivity index (χ1n) is 18.0.